The number of aliphatic hydroxyl groups excluding tert-OH is 1. The van der Waals surface area contributed by atoms with Crippen molar-refractivity contribution in [1.29, 1.82) is 0 Å². The minimum absolute atomic E-state index is 0.104. The van der Waals surface area contributed by atoms with E-state index >= 15 is 0 Å². The first-order valence-electron chi connectivity index (χ1n) is 5.62. The molecule has 0 aliphatic rings. The molecule has 1 atom stereocenters. The van der Waals surface area contributed by atoms with Crippen LogP contribution in [0.5, 0.6) is 0 Å². The molecule has 4 N–H and O–H groups in total. The van der Waals surface area contributed by atoms with Crippen LogP contribution in [0.3, 0.4) is 0 Å². The van der Waals surface area contributed by atoms with Gasteiger partial charge in [0.05, 0.1) is 17.2 Å². The standard InChI is InChI=1S/C11H12BrN3O6/c1-5-2-6(12)7(3-9(5)15(20)21)13-11(19)14-8(4-16)10(17)18/h2-3,8,16H,4H2,1H3,(H,17,18)(H2,13,14,19)/t8-/m0/s1. The van der Waals surface area contributed by atoms with Crippen LogP contribution in [0.25, 0.3) is 0 Å². The number of nitrogens with zero attached hydrogens (tertiary/aromatic N) is 1. The van der Waals surface area contributed by atoms with E-state index in [1.165, 1.54) is 6.07 Å². The molecule has 0 heterocycles. The first kappa shape index (κ1) is 16.9. The third-order valence-electron chi connectivity index (χ3n) is 2.52. The zero-order chi connectivity index (χ0) is 16.2. The van der Waals surface area contributed by atoms with Crippen LogP contribution in [-0.4, -0.2) is 39.8 Å². The summed E-state index contributed by atoms with van der Waals surface area (Å²) in [6, 6.07) is 0.224. The fourth-order valence-corrected chi connectivity index (χ4v) is 2.01. The number of benzene rings is 1. The number of rotatable bonds is 5. The van der Waals surface area contributed by atoms with E-state index < -0.39 is 29.6 Å². The lowest BCUT2D eigenvalue weighted by molar-refractivity contribution is -0.385. The number of hydrogen-bond acceptors (Lipinski definition) is 5. The SMILES string of the molecule is Cc1cc(Br)c(NC(=O)N[C@@H](CO)C(=O)O)cc1[N+](=O)[O-]. The molecule has 114 valence electrons. The molecule has 1 rings (SSSR count). The molecule has 0 aromatic heterocycles. The second-order valence-corrected chi connectivity index (χ2v) is 4.90. The number of carbonyl (C=O) groups is 2. The Morgan fingerprint density at radius 1 is 1.48 bits per heavy atom. The molecular weight excluding hydrogens is 350 g/mol. The number of aliphatic hydroxyl groups is 1. The lowest BCUT2D eigenvalue weighted by Crippen LogP contribution is -2.45. The van der Waals surface area contributed by atoms with Crippen molar-refractivity contribution in [2.75, 3.05) is 11.9 Å². The highest BCUT2D eigenvalue weighted by Gasteiger charge is 2.20. The van der Waals surface area contributed by atoms with Crippen molar-refractivity contribution < 1.29 is 24.7 Å². The number of anilines is 1. The Morgan fingerprint density at radius 3 is 2.57 bits per heavy atom. The Labute approximate surface area is 127 Å². The highest BCUT2D eigenvalue weighted by atomic mass is 79.9. The maximum absolute atomic E-state index is 11.6. The van der Waals surface area contributed by atoms with E-state index in [0.717, 1.165) is 6.07 Å². The third kappa shape index (κ3) is 4.39. The van der Waals surface area contributed by atoms with E-state index in [0.29, 0.717) is 10.0 Å². The summed E-state index contributed by atoms with van der Waals surface area (Å²) < 4.78 is 0.400. The smallest absolute Gasteiger partial charge is 0.328 e. The first-order chi connectivity index (χ1) is 9.76. The van der Waals surface area contributed by atoms with Gasteiger partial charge in [0.1, 0.15) is 0 Å². The van der Waals surface area contributed by atoms with Gasteiger partial charge in [0.2, 0.25) is 0 Å². The van der Waals surface area contributed by atoms with Crippen LogP contribution in [0.2, 0.25) is 0 Å². The van der Waals surface area contributed by atoms with Gasteiger partial charge < -0.3 is 20.8 Å². The van der Waals surface area contributed by atoms with Crippen molar-refractivity contribution in [1.82, 2.24) is 5.32 Å². The number of halogens is 1. The molecule has 0 aliphatic heterocycles. The van der Waals surface area contributed by atoms with Gasteiger partial charge in [0.15, 0.2) is 6.04 Å². The normalized spacial score (nSPS) is 11.6. The summed E-state index contributed by atoms with van der Waals surface area (Å²) in [7, 11) is 0. The van der Waals surface area contributed by atoms with Crippen LogP contribution in [-0.2, 0) is 4.79 Å². The van der Waals surface area contributed by atoms with Crippen molar-refractivity contribution >= 4 is 39.3 Å². The minimum Gasteiger partial charge on any atom is -0.480 e. The Hall–Kier alpha value is -2.20. The monoisotopic (exact) mass is 361 g/mol. The van der Waals surface area contributed by atoms with Crippen LogP contribution >= 0.6 is 15.9 Å². The summed E-state index contributed by atoms with van der Waals surface area (Å²) in [5.74, 6) is -1.40. The summed E-state index contributed by atoms with van der Waals surface area (Å²) in [4.78, 5) is 32.5. The van der Waals surface area contributed by atoms with Gasteiger partial charge in [0, 0.05) is 16.1 Å². The highest BCUT2D eigenvalue weighted by molar-refractivity contribution is 9.10. The van der Waals surface area contributed by atoms with Crippen LogP contribution < -0.4 is 10.6 Å². The molecule has 0 saturated carbocycles. The molecule has 10 heteroatoms. The van der Waals surface area contributed by atoms with Gasteiger partial charge in [-0.1, -0.05) is 0 Å². The number of carboxylic acid groups (broad SMARTS) is 1. The highest BCUT2D eigenvalue weighted by Crippen LogP contribution is 2.30. The number of amides is 2. The Morgan fingerprint density at radius 2 is 2.10 bits per heavy atom. The average molecular weight is 362 g/mol. The molecule has 0 fully saturated rings. The lowest BCUT2D eigenvalue weighted by Gasteiger charge is -2.13. The Bertz CT molecular complexity index is 592. The van der Waals surface area contributed by atoms with Gasteiger partial charge in [-0.05, 0) is 28.9 Å². The second kappa shape index (κ2) is 6.99. The summed E-state index contributed by atoms with van der Waals surface area (Å²) in [6.45, 7) is 0.761. The maximum atomic E-state index is 11.6. The summed E-state index contributed by atoms with van der Waals surface area (Å²) in [5.41, 5.74) is 0.314. The van der Waals surface area contributed by atoms with Crippen LogP contribution in [0.1, 0.15) is 5.56 Å². The van der Waals surface area contributed by atoms with Crippen LogP contribution in [0.4, 0.5) is 16.2 Å². The largest absolute Gasteiger partial charge is 0.480 e. The van der Waals surface area contributed by atoms with E-state index in [9.17, 15) is 19.7 Å². The van der Waals surface area contributed by atoms with Gasteiger partial charge in [-0.25, -0.2) is 9.59 Å². The fourth-order valence-electron chi connectivity index (χ4n) is 1.46. The van der Waals surface area contributed by atoms with Crippen molar-refractivity contribution in [3.8, 4) is 0 Å². The number of carbonyl (C=O) groups excluding carboxylic acids is 1. The number of carboxylic acids is 1. The van der Waals surface area contributed by atoms with Crippen LogP contribution in [0, 0.1) is 17.0 Å². The lowest BCUT2D eigenvalue weighted by atomic mass is 10.2. The van der Waals surface area contributed by atoms with E-state index in [-0.39, 0.29) is 11.4 Å². The summed E-state index contributed by atoms with van der Waals surface area (Å²) in [6.07, 6.45) is 0. The molecule has 1 aromatic rings. The predicted molar refractivity (Wildman–Crippen MR) is 76.2 cm³/mol. The molecule has 0 saturated heterocycles. The number of hydrogen-bond donors (Lipinski definition) is 4. The zero-order valence-corrected chi connectivity index (χ0v) is 12.4. The predicted octanol–water partition coefficient (Wildman–Crippen LogP) is 1.23. The van der Waals surface area contributed by atoms with Gasteiger partial charge in [-0.3, -0.25) is 10.1 Å². The average Bonchev–Trinajstić information content (AvgIpc) is 2.38. The summed E-state index contributed by atoms with van der Waals surface area (Å²) in [5, 5.41) is 32.6. The van der Waals surface area contributed by atoms with Gasteiger partial charge in [0.25, 0.3) is 5.69 Å². The molecule has 0 unspecified atom stereocenters. The van der Waals surface area contributed by atoms with Gasteiger partial charge in [-0.15, -0.1) is 0 Å². The molecule has 0 bridgehead atoms. The molecule has 2 amide bonds. The number of nitro benzene ring substituents is 1. The van der Waals surface area contributed by atoms with Crippen molar-refractivity contribution in [2.45, 2.75) is 13.0 Å². The zero-order valence-electron chi connectivity index (χ0n) is 10.8. The first-order valence-corrected chi connectivity index (χ1v) is 6.41. The number of urea groups is 1. The minimum atomic E-state index is -1.47. The fraction of sp³-hybridized carbons (Fsp3) is 0.273. The molecule has 0 spiro atoms. The van der Waals surface area contributed by atoms with Crippen molar-refractivity contribution in [3.63, 3.8) is 0 Å². The number of aryl methyl sites for hydroxylation is 1. The molecule has 1 aromatic carbocycles. The summed E-state index contributed by atoms with van der Waals surface area (Å²) >= 11 is 3.14. The third-order valence-corrected chi connectivity index (χ3v) is 3.17. The van der Waals surface area contributed by atoms with Gasteiger partial charge >= 0.3 is 12.0 Å². The molecule has 0 radical (unpaired) electrons. The quantitative estimate of drug-likeness (QED) is 0.459. The second-order valence-electron chi connectivity index (χ2n) is 4.05. The maximum Gasteiger partial charge on any atom is 0.328 e. The molecule has 9 nitrogen and oxygen atoms in total. The van der Waals surface area contributed by atoms with E-state index in [2.05, 4.69) is 21.2 Å². The number of nitro groups is 1. The number of aliphatic carboxylic acids is 1. The van der Waals surface area contributed by atoms with Gasteiger partial charge in [-0.2, -0.15) is 0 Å². The van der Waals surface area contributed by atoms with Crippen LogP contribution in [0.15, 0.2) is 16.6 Å². The van der Waals surface area contributed by atoms with Crippen molar-refractivity contribution in [3.05, 3.63) is 32.3 Å². The molecule has 0 aliphatic carbocycles. The van der Waals surface area contributed by atoms with E-state index in [1.54, 1.807) is 6.92 Å². The molecule has 21 heavy (non-hydrogen) atoms. The Kier molecular flexibility index (Phi) is 5.61. The van der Waals surface area contributed by atoms with Crippen molar-refractivity contribution in [2.24, 2.45) is 0 Å². The van der Waals surface area contributed by atoms with E-state index in [1.807, 2.05) is 5.32 Å². The topological polar surface area (TPSA) is 142 Å². The van der Waals surface area contributed by atoms with E-state index in [4.69, 9.17) is 10.2 Å². The number of nitrogens with one attached hydrogen (secondary N) is 2. The molecular formula is C11H12BrN3O6. The Balaban J connectivity index is 2.92.